The van der Waals surface area contributed by atoms with E-state index in [0.29, 0.717) is 0 Å². The minimum Gasteiger partial charge on any atom is -0.477 e. The fourth-order valence-corrected chi connectivity index (χ4v) is 3.95. The first-order valence-corrected chi connectivity index (χ1v) is 8.99. The fraction of sp³-hybridized carbons (Fsp3) is 0.200. The van der Waals surface area contributed by atoms with Gasteiger partial charge < -0.3 is 10.0 Å². The summed E-state index contributed by atoms with van der Waals surface area (Å²) in [5.41, 5.74) is 2.80. The lowest BCUT2D eigenvalue weighted by molar-refractivity contribution is -0.132. The number of anilines is 2. The van der Waals surface area contributed by atoms with E-state index in [-0.39, 0.29) is 5.57 Å². The van der Waals surface area contributed by atoms with Gasteiger partial charge in [0.2, 0.25) is 0 Å². The van der Waals surface area contributed by atoms with E-state index >= 15 is 0 Å². The number of hydrogen-bond donors (Lipinski definition) is 1. The summed E-state index contributed by atoms with van der Waals surface area (Å²) in [6.07, 6.45) is 3.63. The number of nitriles is 1. The molecule has 0 aromatic heterocycles. The average molecular weight is 350 g/mol. The predicted molar refractivity (Wildman–Crippen MR) is 100 cm³/mol. The van der Waals surface area contributed by atoms with Gasteiger partial charge in [-0.25, -0.2) is 4.79 Å². The van der Waals surface area contributed by atoms with Gasteiger partial charge in [0.1, 0.15) is 11.6 Å². The first kappa shape index (κ1) is 17.1. The molecule has 0 saturated heterocycles. The van der Waals surface area contributed by atoms with Crippen molar-refractivity contribution in [3.8, 4) is 6.07 Å². The van der Waals surface area contributed by atoms with Crippen molar-refractivity contribution < 1.29 is 9.90 Å². The van der Waals surface area contributed by atoms with Crippen molar-refractivity contribution in [3.05, 3.63) is 53.6 Å². The summed E-state index contributed by atoms with van der Waals surface area (Å²) in [5, 5.41) is 18.0. The minimum atomic E-state index is -1.21. The van der Waals surface area contributed by atoms with Gasteiger partial charge in [-0.1, -0.05) is 43.3 Å². The van der Waals surface area contributed by atoms with Crippen LogP contribution in [0.25, 0.3) is 6.08 Å². The van der Waals surface area contributed by atoms with Gasteiger partial charge in [-0.2, -0.15) is 5.26 Å². The zero-order valence-electron chi connectivity index (χ0n) is 13.9. The van der Waals surface area contributed by atoms with Crippen LogP contribution in [0.4, 0.5) is 11.4 Å². The van der Waals surface area contributed by atoms with Gasteiger partial charge in [0.05, 0.1) is 11.4 Å². The molecule has 0 fully saturated rings. The normalized spacial score (nSPS) is 13.0. The number of rotatable bonds is 5. The van der Waals surface area contributed by atoms with E-state index < -0.39 is 5.97 Å². The molecule has 2 aromatic carbocycles. The molecule has 4 nitrogen and oxygen atoms in total. The van der Waals surface area contributed by atoms with Gasteiger partial charge >= 0.3 is 5.97 Å². The van der Waals surface area contributed by atoms with Crippen LogP contribution in [-0.2, 0) is 4.79 Å². The fourth-order valence-electron chi connectivity index (χ4n) is 2.81. The molecule has 0 unspecified atom stereocenters. The third-order valence-corrected chi connectivity index (χ3v) is 5.16. The maximum Gasteiger partial charge on any atom is 0.346 e. The van der Waals surface area contributed by atoms with Gasteiger partial charge in [0.25, 0.3) is 0 Å². The van der Waals surface area contributed by atoms with Crippen LogP contribution >= 0.6 is 11.8 Å². The highest BCUT2D eigenvalue weighted by molar-refractivity contribution is 7.99. The highest BCUT2D eigenvalue weighted by Crippen LogP contribution is 2.48. The number of aliphatic carboxylic acids is 1. The average Bonchev–Trinajstić information content (AvgIpc) is 2.62. The van der Waals surface area contributed by atoms with Crippen molar-refractivity contribution in [2.45, 2.75) is 29.6 Å². The molecule has 3 rings (SSSR count). The Morgan fingerprint density at radius 1 is 1.24 bits per heavy atom. The van der Waals surface area contributed by atoms with Gasteiger partial charge in [-0.15, -0.1) is 0 Å². The second-order valence-corrected chi connectivity index (χ2v) is 6.86. The second-order valence-electron chi connectivity index (χ2n) is 5.78. The van der Waals surface area contributed by atoms with E-state index in [1.54, 1.807) is 17.8 Å². The molecule has 0 saturated carbocycles. The maximum atomic E-state index is 11.1. The molecular weight excluding hydrogens is 332 g/mol. The highest BCUT2D eigenvalue weighted by Gasteiger charge is 2.22. The monoisotopic (exact) mass is 350 g/mol. The Kier molecular flexibility index (Phi) is 5.11. The molecule has 126 valence electrons. The number of hydrogen-bond acceptors (Lipinski definition) is 4. The standard InChI is InChI=1S/C20H18N2O2S/c1-2-3-10-22-16-6-4-5-7-18(16)25-19-12-14(8-9-17(19)22)11-15(13-21)20(23)24/h4-9,11-12H,2-3,10H2,1H3,(H,23,24)/b15-11+. The van der Waals surface area contributed by atoms with Crippen LogP contribution < -0.4 is 4.90 Å². The lowest BCUT2D eigenvalue weighted by Crippen LogP contribution is -2.21. The van der Waals surface area contributed by atoms with E-state index in [1.807, 2.05) is 30.3 Å². The molecule has 1 heterocycles. The van der Waals surface area contributed by atoms with Gasteiger partial charge in [-0.05, 0) is 42.3 Å². The van der Waals surface area contributed by atoms with Crippen LogP contribution in [0.1, 0.15) is 25.3 Å². The van der Waals surface area contributed by atoms with Crippen molar-refractivity contribution >= 4 is 35.2 Å². The highest BCUT2D eigenvalue weighted by atomic mass is 32.2. The van der Waals surface area contributed by atoms with Gasteiger partial charge in [0.15, 0.2) is 0 Å². The van der Waals surface area contributed by atoms with Crippen LogP contribution in [0.5, 0.6) is 0 Å². The number of para-hydroxylation sites is 1. The Morgan fingerprint density at radius 3 is 2.72 bits per heavy atom. The molecule has 1 aliphatic heterocycles. The Hall–Kier alpha value is -2.71. The molecule has 5 heteroatoms. The maximum absolute atomic E-state index is 11.1. The number of carbonyl (C=O) groups is 1. The summed E-state index contributed by atoms with van der Waals surface area (Å²) in [7, 11) is 0. The molecule has 25 heavy (non-hydrogen) atoms. The number of unbranched alkanes of at least 4 members (excludes halogenated alkanes) is 1. The number of carboxylic acids is 1. The summed E-state index contributed by atoms with van der Waals surface area (Å²) in [5.74, 6) is -1.21. The lowest BCUT2D eigenvalue weighted by atomic mass is 10.1. The predicted octanol–water partition coefficient (Wildman–Crippen LogP) is 5.08. The SMILES string of the molecule is CCCCN1c2ccccc2Sc2cc(/C=C(\C#N)C(=O)O)ccc21. The summed E-state index contributed by atoms with van der Waals surface area (Å²) in [6.45, 7) is 3.11. The zero-order chi connectivity index (χ0) is 17.8. The molecule has 1 aliphatic rings. The Labute approximate surface area is 151 Å². The summed E-state index contributed by atoms with van der Waals surface area (Å²) in [4.78, 5) is 15.6. The van der Waals surface area contributed by atoms with Crippen molar-refractivity contribution in [2.24, 2.45) is 0 Å². The van der Waals surface area contributed by atoms with Gasteiger partial charge in [0, 0.05) is 16.3 Å². The van der Waals surface area contributed by atoms with E-state index in [1.165, 1.54) is 16.7 Å². The summed E-state index contributed by atoms with van der Waals surface area (Å²) >= 11 is 1.68. The summed E-state index contributed by atoms with van der Waals surface area (Å²) < 4.78 is 0. The molecule has 0 bridgehead atoms. The van der Waals surface area contributed by atoms with E-state index in [2.05, 4.69) is 24.0 Å². The van der Waals surface area contributed by atoms with Gasteiger partial charge in [-0.3, -0.25) is 0 Å². The largest absolute Gasteiger partial charge is 0.477 e. The molecule has 2 aromatic rings. The quantitative estimate of drug-likeness (QED) is 0.602. The topological polar surface area (TPSA) is 64.3 Å². The Morgan fingerprint density at radius 2 is 2.00 bits per heavy atom. The first-order valence-electron chi connectivity index (χ1n) is 8.17. The molecule has 0 spiro atoms. The molecule has 0 aliphatic carbocycles. The third kappa shape index (κ3) is 3.54. The van der Waals surface area contributed by atoms with Crippen molar-refractivity contribution in [1.82, 2.24) is 0 Å². The molecule has 0 amide bonds. The van der Waals surface area contributed by atoms with E-state index in [9.17, 15) is 4.79 Å². The van der Waals surface area contributed by atoms with Crippen LogP contribution in [0, 0.1) is 11.3 Å². The van der Waals surface area contributed by atoms with E-state index in [4.69, 9.17) is 10.4 Å². The van der Waals surface area contributed by atoms with Crippen molar-refractivity contribution in [2.75, 3.05) is 11.4 Å². The Balaban J connectivity index is 2.03. The van der Waals surface area contributed by atoms with Crippen molar-refractivity contribution in [1.29, 1.82) is 5.26 Å². The smallest absolute Gasteiger partial charge is 0.346 e. The number of fused-ring (bicyclic) bond motifs is 2. The molecule has 0 radical (unpaired) electrons. The number of carboxylic acid groups (broad SMARTS) is 1. The van der Waals surface area contributed by atoms with Crippen LogP contribution in [0.2, 0.25) is 0 Å². The lowest BCUT2D eigenvalue weighted by Gasteiger charge is -2.33. The Bertz CT molecular complexity index is 884. The van der Waals surface area contributed by atoms with Crippen molar-refractivity contribution in [3.63, 3.8) is 0 Å². The number of benzene rings is 2. The van der Waals surface area contributed by atoms with Crippen LogP contribution in [-0.4, -0.2) is 17.6 Å². The molecule has 0 atom stereocenters. The molecular formula is C20H18N2O2S. The van der Waals surface area contributed by atoms with E-state index in [0.717, 1.165) is 35.5 Å². The number of nitrogens with zero attached hydrogens (tertiary/aromatic N) is 2. The molecule has 1 N–H and O–H groups in total. The second kappa shape index (κ2) is 7.45. The first-order chi connectivity index (χ1) is 12.1. The third-order valence-electron chi connectivity index (χ3n) is 4.05. The summed E-state index contributed by atoms with van der Waals surface area (Å²) in [6, 6.07) is 15.9. The van der Waals surface area contributed by atoms with Crippen LogP contribution in [0.3, 0.4) is 0 Å². The van der Waals surface area contributed by atoms with Crippen LogP contribution in [0.15, 0.2) is 57.8 Å². The zero-order valence-corrected chi connectivity index (χ0v) is 14.7. The minimum absolute atomic E-state index is 0.260.